The summed E-state index contributed by atoms with van der Waals surface area (Å²) < 4.78 is 20.7. The van der Waals surface area contributed by atoms with Gasteiger partial charge >= 0.3 is 5.69 Å². The number of hydrogen-bond donors (Lipinski definition) is 3. The molecule has 1 unspecified atom stereocenters. The minimum absolute atomic E-state index is 0.159. The van der Waals surface area contributed by atoms with Crippen LogP contribution in [0.1, 0.15) is 81.0 Å². The Balaban J connectivity index is 1.05. The van der Waals surface area contributed by atoms with E-state index < -0.39 is 11.9 Å². The van der Waals surface area contributed by atoms with Crippen molar-refractivity contribution >= 4 is 28.8 Å². The number of hydrogen-bond acceptors (Lipinski definition) is 8. The maximum absolute atomic E-state index is 13.1. The quantitative estimate of drug-likeness (QED) is 0.115. The first kappa shape index (κ1) is 37.0. The number of aryl methyl sites for hydroxylation is 3. The number of ether oxygens (including phenoxy) is 3. The summed E-state index contributed by atoms with van der Waals surface area (Å²) in [6.07, 6.45) is 6.49. The molecule has 1 aromatic heterocycles. The number of nitrogens with two attached hydrogens (primary N) is 2. The molecule has 4 rings (SSSR count). The van der Waals surface area contributed by atoms with Crippen molar-refractivity contribution in [2.75, 3.05) is 26.4 Å². The molecule has 0 bridgehead atoms. The molecule has 12 heteroatoms. The van der Waals surface area contributed by atoms with Crippen LogP contribution in [0.4, 0.5) is 0 Å². The molecule has 1 aliphatic heterocycles. The van der Waals surface area contributed by atoms with Crippen molar-refractivity contribution < 1.29 is 28.6 Å². The molecule has 1 saturated heterocycles. The molecule has 2 aromatic carbocycles. The number of imidazole rings is 1. The summed E-state index contributed by atoms with van der Waals surface area (Å²) in [5.41, 5.74) is 15.9. The Morgan fingerprint density at radius 2 is 1.58 bits per heavy atom. The van der Waals surface area contributed by atoms with Crippen LogP contribution < -0.4 is 22.5 Å². The van der Waals surface area contributed by atoms with E-state index in [4.69, 9.17) is 25.7 Å². The van der Waals surface area contributed by atoms with Crippen LogP contribution in [0.15, 0.2) is 47.3 Å². The first-order valence-corrected chi connectivity index (χ1v) is 17.1. The van der Waals surface area contributed by atoms with Gasteiger partial charge in [-0.25, -0.2) is 4.79 Å². The molecule has 48 heavy (non-hydrogen) atoms. The molecular weight excluding hydrogens is 614 g/mol. The van der Waals surface area contributed by atoms with Gasteiger partial charge in [0.2, 0.25) is 17.7 Å². The summed E-state index contributed by atoms with van der Waals surface area (Å²) >= 11 is 0. The van der Waals surface area contributed by atoms with E-state index in [1.807, 2.05) is 25.1 Å². The van der Waals surface area contributed by atoms with E-state index in [0.29, 0.717) is 51.4 Å². The van der Waals surface area contributed by atoms with Crippen LogP contribution in [-0.4, -0.2) is 65.4 Å². The van der Waals surface area contributed by atoms with Gasteiger partial charge in [-0.2, -0.15) is 0 Å². The average Bonchev–Trinajstić information content (AvgIpc) is 3.32. The number of unbranched alkanes of at least 4 members (excludes halogenated alkanes) is 1. The van der Waals surface area contributed by atoms with E-state index in [1.54, 1.807) is 11.6 Å². The molecule has 3 amide bonds. The molecule has 2 heterocycles. The maximum Gasteiger partial charge on any atom is 0.329 e. The Morgan fingerprint density at radius 3 is 2.25 bits per heavy atom. The number of piperidine rings is 1. The van der Waals surface area contributed by atoms with E-state index in [0.717, 1.165) is 55.2 Å². The van der Waals surface area contributed by atoms with E-state index >= 15 is 0 Å². The topological polar surface area (TPSA) is 170 Å². The number of carbonyl (C=O) groups excluding carboxylic acids is 3. The lowest BCUT2D eigenvalue weighted by Gasteiger charge is -2.21. The van der Waals surface area contributed by atoms with E-state index in [9.17, 15) is 19.2 Å². The highest BCUT2D eigenvalue weighted by Crippen LogP contribution is 2.25. The minimum Gasteiger partial charge on any atom is -0.381 e. The Bertz CT molecular complexity index is 1570. The van der Waals surface area contributed by atoms with Crippen molar-refractivity contribution in [3.8, 4) is 0 Å². The lowest BCUT2D eigenvalue weighted by atomic mass is 10.0. The van der Waals surface area contributed by atoms with E-state index in [-0.39, 0.29) is 42.5 Å². The van der Waals surface area contributed by atoms with Gasteiger partial charge in [0, 0.05) is 52.4 Å². The summed E-state index contributed by atoms with van der Waals surface area (Å²) in [6.45, 7) is 5.10. The summed E-state index contributed by atoms with van der Waals surface area (Å²) in [4.78, 5) is 48.1. The monoisotopic (exact) mass is 665 g/mol. The maximum atomic E-state index is 13.1. The van der Waals surface area contributed by atoms with Crippen LogP contribution in [-0.2, 0) is 55.1 Å². The number of amides is 3. The Hall–Kier alpha value is -3.84. The third-order valence-electron chi connectivity index (χ3n) is 8.89. The molecule has 3 atom stereocenters. The van der Waals surface area contributed by atoms with Gasteiger partial charge in [-0.3, -0.25) is 28.8 Å². The second kappa shape index (κ2) is 18.6. The molecule has 0 aliphatic carbocycles. The third kappa shape index (κ3) is 10.6. The fourth-order valence-corrected chi connectivity index (χ4v) is 6.00. The molecule has 1 aliphatic rings. The highest BCUT2D eigenvalue weighted by Gasteiger charge is 2.31. The van der Waals surface area contributed by atoms with Crippen LogP contribution >= 0.6 is 0 Å². The zero-order valence-electron chi connectivity index (χ0n) is 28.3. The van der Waals surface area contributed by atoms with Gasteiger partial charge in [-0.05, 0) is 81.0 Å². The standard InChI is InChI=1S/C36H51N5O7/c1-25(29(37)16-18-32(38)42)48-24-27-14-12-26(13-15-27)8-6-22-46-20-3-4-21-47-23-7-10-28-9-5-11-30-34(28)40(2)36(45)41(30)31-17-19-33(43)39-35(31)44/h5,9,11-15,25,29,31H,3-4,6-8,10,16-24,37H2,1-2H3,(H2,38,42)(H,39,43,44)/t25-,29+,31?/m1/s1. The highest BCUT2D eigenvalue weighted by atomic mass is 16.5. The largest absolute Gasteiger partial charge is 0.381 e. The predicted octanol–water partition coefficient (Wildman–Crippen LogP) is 3.19. The van der Waals surface area contributed by atoms with Crippen LogP contribution in [0.25, 0.3) is 11.0 Å². The van der Waals surface area contributed by atoms with Gasteiger partial charge in [0.15, 0.2) is 0 Å². The zero-order chi connectivity index (χ0) is 34.5. The molecule has 0 radical (unpaired) electrons. The second-order valence-electron chi connectivity index (χ2n) is 12.6. The van der Waals surface area contributed by atoms with Gasteiger partial charge in [0.1, 0.15) is 6.04 Å². The lowest BCUT2D eigenvalue weighted by Crippen LogP contribution is -2.44. The molecule has 0 spiro atoms. The molecule has 0 saturated carbocycles. The molecule has 5 N–H and O–H groups in total. The molecule has 1 fully saturated rings. The zero-order valence-corrected chi connectivity index (χ0v) is 28.3. The first-order valence-electron chi connectivity index (χ1n) is 17.1. The third-order valence-corrected chi connectivity index (χ3v) is 8.89. The molecular formula is C36H51N5O7. The van der Waals surface area contributed by atoms with Crippen molar-refractivity contribution in [3.05, 3.63) is 69.6 Å². The van der Waals surface area contributed by atoms with Gasteiger partial charge in [0.25, 0.3) is 0 Å². The first-order chi connectivity index (χ1) is 23.2. The molecule has 262 valence electrons. The minimum atomic E-state index is -0.686. The number of aromatic nitrogens is 2. The SMILES string of the molecule is C[C@@H](OCc1ccc(CCCOCCCCOCCCc2cccc3c2n(C)c(=O)n3C2CCC(=O)NC2=O)cc1)[C@@H](N)CCC(N)=O. The number of nitrogens with one attached hydrogen (secondary N) is 1. The van der Waals surface area contributed by atoms with Crippen LogP contribution in [0.5, 0.6) is 0 Å². The summed E-state index contributed by atoms with van der Waals surface area (Å²) in [7, 11) is 1.72. The van der Waals surface area contributed by atoms with Crippen molar-refractivity contribution in [2.45, 2.75) is 95.9 Å². The molecule has 12 nitrogen and oxygen atoms in total. The predicted molar refractivity (Wildman–Crippen MR) is 183 cm³/mol. The molecule has 3 aromatic rings. The van der Waals surface area contributed by atoms with Gasteiger partial charge < -0.3 is 25.7 Å². The Morgan fingerprint density at radius 1 is 0.938 bits per heavy atom. The van der Waals surface area contributed by atoms with E-state index in [2.05, 4.69) is 29.6 Å². The smallest absolute Gasteiger partial charge is 0.329 e. The number of nitrogens with zero attached hydrogens (tertiary/aromatic N) is 2. The number of para-hydroxylation sites is 1. The van der Waals surface area contributed by atoms with Crippen molar-refractivity contribution in [1.29, 1.82) is 0 Å². The van der Waals surface area contributed by atoms with Crippen molar-refractivity contribution in [1.82, 2.24) is 14.5 Å². The van der Waals surface area contributed by atoms with Gasteiger partial charge in [-0.1, -0.05) is 36.4 Å². The number of primary amides is 1. The van der Waals surface area contributed by atoms with Crippen LogP contribution in [0.3, 0.4) is 0 Å². The summed E-state index contributed by atoms with van der Waals surface area (Å²) in [5.74, 6) is -1.08. The number of imide groups is 1. The normalized spacial score (nSPS) is 16.3. The fourth-order valence-electron chi connectivity index (χ4n) is 6.00. The van der Waals surface area contributed by atoms with Crippen LogP contribution in [0.2, 0.25) is 0 Å². The van der Waals surface area contributed by atoms with Gasteiger partial charge in [-0.15, -0.1) is 0 Å². The van der Waals surface area contributed by atoms with Crippen LogP contribution in [0, 0.1) is 0 Å². The highest BCUT2D eigenvalue weighted by molar-refractivity contribution is 6.00. The number of carbonyl (C=O) groups is 3. The second-order valence-corrected chi connectivity index (χ2v) is 12.6. The van der Waals surface area contributed by atoms with Gasteiger partial charge in [0.05, 0.1) is 23.7 Å². The number of fused-ring (bicyclic) bond motifs is 1. The average molecular weight is 666 g/mol. The fraction of sp³-hybridized carbons (Fsp3) is 0.556. The van der Waals surface area contributed by atoms with Crippen molar-refractivity contribution in [2.24, 2.45) is 18.5 Å². The Kier molecular flexibility index (Phi) is 14.4. The number of benzene rings is 2. The van der Waals surface area contributed by atoms with Crippen molar-refractivity contribution in [3.63, 3.8) is 0 Å². The summed E-state index contributed by atoms with van der Waals surface area (Å²) in [5, 5.41) is 2.35. The van der Waals surface area contributed by atoms with E-state index in [1.165, 1.54) is 10.1 Å². The Labute approximate surface area is 282 Å². The summed E-state index contributed by atoms with van der Waals surface area (Å²) in [6, 6.07) is 13.2. The lowest BCUT2D eigenvalue weighted by molar-refractivity contribution is -0.135. The number of rotatable bonds is 21.